The molecule has 3 rings (SSSR count). The molecule has 116 valence electrons. The maximum absolute atomic E-state index is 12.7. The van der Waals surface area contributed by atoms with Crippen LogP contribution >= 0.6 is 0 Å². The molecule has 1 heterocycles. The molecular weight excluding hydrogens is 298 g/mol. The van der Waals surface area contributed by atoms with Gasteiger partial charge in [-0.25, -0.2) is 8.42 Å². The predicted molar refractivity (Wildman–Crippen MR) is 85.4 cm³/mol. The number of hydrogen-bond acceptors (Lipinski definition) is 3. The fraction of sp³-hybridized carbons (Fsp3) is 0.294. The highest BCUT2D eigenvalue weighted by molar-refractivity contribution is 7.89. The summed E-state index contributed by atoms with van der Waals surface area (Å²) in [7, 11) is -1.81. The van der Waals surface area contributed by atoms with Gasteiger partial charge in [0.2, 0.25) is 10.0 Å². The summed E-state index contributed by atoms with van der Waals surface area (Å²) in [6.07, 6.45) is 0.845. The number of rotatable bonds is 4. The number of nitrogens with zero attached hydrogens (tertiary/aromatic N) is 1. The second kappa shape index (κ2) is 5.74. The van der Waals surface area contributed by atoms with Crippen molar-refractivity contribution < 1.29 is 13.2 Å². The van der Waals surface area contributed by atoms with Crippen molar-refractivity contribution in [2.45, 2.75) is 24.3 Å². The Kier molecular flexibility index (Phi) is 3.93. The van der Waals surface area contributed by atoms with E-state index in [1.165, 1.54) is 0 Å². The fourth-order valence-electron chi connectivity index (χ4n) is 2.66. The largest absolute Gasteiger partial charge is 0.497 e. The van der Waals surface area contributed by atoms with E-state index in [2.05, 4.69) is 0 Å². The van der Waals surface area contributed by atoms with Crippen LogP contribution in [0.4, 0.5) is 0 Å². The van der Waals surface area contributed by atoms with E-state index >= 15 is 0 Å². The molecule has 0 radical (unpaired) electrons. The summed E-state index contributed by atoms with van der Waals surface area (Å²) in [4.78, 5) is 0.358. The summed E-state index contributed by atoms with van der Waals surface area (Å²) in [5.74, 6) is 0.774. The van der Waals surface area contributed by atoms with E-state index in [1.807, 2.05) is 43.3 Å². The van der Waals surface area contributed by atoms with Gasteiger partial charge in [-0.3, -0.25) is 0 Å². The van der Waals surface area contributed by atoms with Gasteiger partial charge in [0, 0.05) is 6.54 Å². The summed E-state index contributed by atoms with van der Waals surface area (Å²) < 4.78 is 32.2. The maximum atomic E-state index is 12.7. The van der Waals surface area contributed by atoms with Crippen molar-refractivity contribution in [3.63, 3.8) is 0 Å². The molecule has 0 aromatic heterocycles. The average Bonchev–Trinajstić information content (AvgIpc) is 2.47. The second-order valence-electron chi connectivity index (χ2n) is 5.51. The Bertz CT molecular complexity index is 751. The Labute approximate surface area is 131 Å². The molecule has 0 unspecified atom stereocenters. The molecule has 4 nitrogen and oxygen atoms in total. The maximum Gasteiger partial charge on any atom is 0.243 e. The first kappa shape index (κ1) is 15.1. The number of methoxy groups -OCH3 is 1. The molecule has 1 atom stereocenters. The highest BCUT2D eigenvalue weighted by Gasteiger charge is 2.39. The van der Waals surface area contributed by atoms with Crippen molar-refractivity contribution in [2.24, 2.45) is 0 Å². The first-order valence-electron chi connectivity index (χ1n) is 7.25. The first-order valence-corrected chi connectivity index (χ1v) is 8.69. The molecule has 0 amide bonds. The monoisotopic (exact) mass is 317 g/mol. The Morgan fingerprint density at radius 3 is 2.18 bits per heavy atom. The zero-order valence-electron chi connectivity index (χ0n) is 12.7. The Hall–Kier alpha value is -1.85. The van der Waals surface area contributed by atoms with Gasteiger partial charge in [-0.15, -0.1) is 0 Å². The third kappa shape index (κ3) is 2.62. The standard InChI is InChI=1S/C17H19NO3S/c1-13-3-9-16(10-4-13)22(19,20)18-12-11-17(18)14-5-7-15(21-2)8-6-14/h3-10,17H,11-12H2,1-2H3/t17-/m0/s1. The summed E-state index contributed by atoms with van der Waals surface area (Å²) in [5, 5.41) is 0. The molecule has 1 fully saturated rings. The lowest BCUT2D eigenvalue weighted by atomic mass is 9.98. The zero-order valence-corrected chi connectivity index (χ0v) is 13.5. The molecule has 2 aromatic rings. The van der Waals surface area contributed by atoms with Crippen LogP contribution in [0.1, 0.15) is 23.6 Å². The summed E-state index contributed by atoms with van der Waals surface area (Å²) in [6, 6.07) is 14.5. The highest BCUT2D eigenvalue weighted by Crippen LogP contribution is 2.38. The van der Waals surface area contributed by atoms with Gasteiger partial charge in [0.1, 0.15) is 5.75 Å². The van der Waals surface area contributed by atoms with Gasteiger partial charge < -0.3 is 4.74 Å². The second-order valence-corrected chi connectivity index (χ2v) is 7.40. The van der Waals surface area contributed by atoms with E-state index in [0.29, 0.717) is 11.4 Å². The quantitative estimate of drug-likeness (QED) is 0.870. The molecule has 2 aromatic carbocycles. The molecule has 0 bridgehead atoms. The van der Waals surface area contributed by atoms with Crippen molar-refractivity contribution in [2.75, 3.05) is 13.7 Å². The first-order chi connectivity index (χ1) is 10.5. The Morgan fingerprint density at radius 2 is 1.68 bits per heavy atom. The molecule has 0 N–H and O–H groups in total. The lowest BCUT2D eigenvalue weighted by Crippen LogP contribution is -2.44. The topological polar surface area (TPSA) is 46.6 Å². The van der Waals surface area contributed by atoms with Crippen LogP contribution in [0.5, 0.6) is 5.75 Å². The van der Waals surface area contributed by atoms with Crippen LogP contribution in [-0.2, 0) is 10.0 Å². The number of aryl methyl sites for hydroxylation is 1. The molecule has 22 heavy (non-hydrogen) atoms. The van der Waals surface area contributed by atoms with Gasteiger partial charge in [0.25, 0.3) is 0 Å². The molecule has 5 heteroatoms. The van der Waals surface area contributed by atoms with Crippen LogP contribution in [0.2, 0.25) is 0 Å². The van der Waals surface area contributed by atoms with Crippen LogP contribution in [-0.4, -0.2) is 26.4 Å². The number of hydrogen-bond donors (Lipinski definition) is 0. The Morgan fingerprint density at radius 1 is 1.05 bits per heavy atom. The molecule has 1 aliphatic heterocycles. The lowest BCUT2D eigenvalue weighted by molar-refractivity contribution is 0.202. The molecule has 0 saturated carbocycles. The van der Waals surface area contributed by atoms with Gasteiger partial charge in [0.15, 0.2) is 0 Å². The van der Waals surface area contributed by atoms with Gasteiger partial charge >= 0.3 is 0 Å². The van der Waals surface area contributed by atoms with Gasteiger partial charge in [0.05, 0.1) is 18.0 Å². The van der Waals surface area contributed by atoms with E-state index < -0.39 is 10.0 Å². The Balaban J connectivity index is 1.86. The van der Waals surface area contributed by atoms with Crippen LogP contribution in [0.25, 0.3) is 0 Å². The fourth-order valence-corrected chi connectivity index (χ4v) is 4.31. The van der Waals surface area contributed by atoms with Crippen molar-refractivity contribution in [1.82, 2.24) is 4.31 Å². The number of ether oxygens (including phenoxy) is 1. The van der Waals surface area contributed by atoms with Crippen molar-refractivity contribution in [3.05, 3.63) is 59.7 Å². The third-order valence-electron chi connectivity index (χ3n) is 4.10. The summed E-state index contributed by atoms with van der Waals surface area (Å²) in [5.41, 5.74) is 2.05. The SMILES string of the molecule is COc1ccc([C@@H]2CCN2S(=O)(=O)c2ccc(C)cc2)cc1. The third-order valence-corrected chi connectivity index (χ3v) is 6.02. The molecule has 1 saturated heterocycles. The minimum Gasteiger partial charge on any atom is -0.497 e. The minimum absolute atomic E-state index is 0.0859. The number of sulfonamides is 1. The van der Waals surface area contributed by atoms with Crippen molar-refractivity contribution in [1.29, 1.82) is 0 Å². The molecule has 0 spiro atoms. The molecule has 0 aliphatic carbocycles. The molecule has 1 aliphatic rings. The minimum atomic E-state index is -3.43. The van der Waals surface area contributed by atoms with E-state index in [1.54, 1.807) is 23.5 Å². The van der Waals surface area contributed by atoms with Crippen LogP contribution in [0, 0.1) is 6.92 Å². The van der Waals surface area contributed by atoms with Crippen molar-refractivity contribution >= 4 is 10.0 Å². The summed E-state index contributed by atoms with van der Waals surface area (Å²) >= 11 is 0. The van der Waals surface area contributed by atoms with E-state index in [9.17, 15) is 8.42 Å². The van der Waals surface area contributed by atoms with Crippen LogP contribution in [0.15, 0.2) is 53.4 Å². The molecular formula is C17H19NO3S. The van der Waals surface area contributed by atoms with Crippen LogP contribution < -0.4 is 4.74 Å². The lowest BCUT2D eigenvalue weighted by Gasteiger charge is -2.40. The average molecular weight is 317 g/mol. The smallest absolute Gasteiger partial charge is 0.243 e. The van der Waals surface area contributed by atoms with Gasteiger partial charge in [-0.05, 0) is 43.2 Å². The van der Waals surface area contributed by atoms with E-state index in [-0.39, 0.29) is 6.04 Å². The van der Waals surface area contributed by atoms with Gasteiger partial charge in [-0.1, -0.05) is 29.8 Å². The number of benzene rings is 2. The highest BCUT2D eigenvalue weighted by atomic mass is 32.2. The van der Waals surface area contributed by atoms with E-state index in [0.717, 1.165) is 23.3 Å². The zero-order chi connectivity index (χ0) is 15.7. The predicted octanol–water partition coefficient (Wildman–Crippen LogP) is 3.14. The van der Waals surface area contributed by atoms with Gasteiger partial charge in [-0.2, -0.15) is 4.31 Å². The van der Waals surface area contributed by atoms with E-state index in [4.69, 9.17) is 4.74 Å². The van der Waals surface area contributed by atoms with Crippen LogP contribution in [0.3, 0.4) is 0 Å². The normalized spacial score (nSPS) is 18.7. The summed E-state index contributed by atoms with van der Waals surface area (Å²) in [6.45, 7) is 2.51. The van der Waals surface area contributed by atoms with Crippen molar-refractivity contribution in [3.8, 4) is 5.75 Å².